The van der Waals surface area contributed by atoms with Gasteiger partial charge in [-0.2, -0.15) is 0 Å². The van der Waals surface area contributed by atoms with Gasteiger partial charge in [0, 0.05) is 37.3 Å². The number of carbonyl (C=O) groups excluding carboxylic acids is 2. The molecule has 1 saturated carbocycles. The maximum atomic E-state index is 11.9. The zero-order chi connectivity index (χ0) is 24.9. The van der Waals surface area contributed by atoms with Crippen molar-refractivity contribution in [3.63, 3.8) is 0 Å². The van der Waals surface area contributed by atoms with Crippen LogP contribution in [-0.2, 0) is 19.0 Å². The van der Waals surface area contributed by atoms with Crippen LogP contribution < -0.4 is 10.6 Å². The quantitative estimate of drug-likeness (QED) is 0.267. The fourth-order valence-corrected chi connectivity index (χ4v) is 5.03. The molecule has 1 aliphatic carbocycles. The molecule has 2 aromatic rings. The number of fused-ring (bicyclic) bond motifs is 1. The summed E-state index contributed by atoms with van der Waals surface area (Å²) in [5.74, 6) is 1.67. The number of anilines is 1. The van der Waals surface area contributed by atoms with E-state index in [1.807, 2.05) is 0 Å². The highest BCUT2D eigenvalue weighted by Crippen LogP contribution is 2.35. The molecular formula is C27H40N2O6. The van der Waals surface area contributed by atoms with E-state index in [-0.39, 0.29) is 12.4 Å². The average Bonchev–Trinajstić information content (AvgIpc) is 3.50. The van der Waals surface area contributed by atoms with Gasteiger partial charge >= 0.3 is 5.97 Å². The summed E-state index contributed by atoms with van der Waals surface area (Å²) in [6, 6.07) is 7.47. The Kier molecular flexibility index (Phi) is 11.5. The Morgan fingerprint density at radius 2 is 1.94 bits per heavy atom. The van der Waals surface area contributed by atoms with E-state index in [4.69, 9.17) is 18.6 Å². The molecule has 8 nitrogen and oxygen atoms in total. The maximum Gasteiger partial charge on any atom is 0.374 e. The Labute approximate surface area is 208 Å². The molecule has 4 rings (SSSR count). The number of rotatable bonds is 11. The number of benzene rings is 1. The van der Waals surface area contributed by atoms with Crippen molar-refractivity contribution in [2.75, 3.05) is 45.4 Å². The van der Waals surface area contributed by atoms with Gasteiger partial charge in [-0.1, -0.05) is 32.1 Å². The second-order valence-corrected chi connectivity index (χ2v) is 9.31. The highest BCUT2D eigenvalue weighted by Gasteiger charge is 2.30. The molecule has 2 heterocycles. The Morgan fingerprint density at radius 1 is 1.11 bits per heavy atom. The van der Waals surface area contributed by atoms with Gasteiger partial charge in [0.05, 0.1) is 19.8 Å². The van der Waals surface area contributed by atoms with E-state index >= 15 is 0 Å². The molecule has 0 radical (unpaired) electrons. The van der Waals surface area contributed by atoms with E-state index in [1.165, 1.54) is 45.1 Å². The van der Waals surface area contributed by atoms with Crippen molar-refractivity contribution in [3.05, 3.63) is 30.0 Å². The highest BCUT2D eigenvalue weighted by atomic mass is 16.5. The van der Waals surface area contributed by atoms with Crippen molar-refractivity contribution >= 4 is 29.0 Å². The first-order valence-electron chi connectivity index (χ1n) is 12.8. The van der Waals surface area contributed by atoms with Gasteiger partial charge in [-0.3, -0.25) is 4.79 Å². The van der Waals surface area contributed by atoms with Gasteiger partial charge in [0.25, 0.3) is 0 Å². The summed E-state index contributed by atoms with van der Waals surface area (Å²) in [5.41, 5.74) is 1.18. The van der Waals surface area contributed by atoms with Crippen LogP contribution in [0.1, 0.15) is 62.4 Å². The lowest BCUT2D eigenvalue weighted by atomic mass is 9.77. The Morgan fingerprint density at radius 3 is 2.66 bits per heavy atom. The van der Waals surface area contributed by atoms with Crippen LogP contribution in [0, 0.1) is 11.8 Å². The van der Waals surface area contributed by atoms with E-state index in [1.54, 1.807) is 31.4 Å². The average molecular weight is 489 g/mol. The molecule has 1 aliphatic heterocycles. The number of ether oxygens (including phenoxy) is 3. The van der Waals surface area contributed by atoms with Crippen molar-refractivity contribution in [1.82, 2.24) is 5.32 Å². The molecule has 2 aliphatic rings. The standard InChI is InChI=1S/C16H19NO6.C11H21N/c1-20-7-8-21-5-2-6-22-16(19)15-10-12-9-13(17-11-18)3-4-14(12)23-15;1-9-11(7-8-12-9)10-5-3-2-4-6-10/h3-4,9-11H,2,5-8H2,1H3,(H,17,18);9-12H,2-8H2,1H3. The molecule has 2 fully saturated rings. The van der Waals surface area contributed by atoms with Crippen molar-refractivity contribution in [1.29, 1.82) is 0 Å². The van der Waals surface area contributed by atoms with Gasteiger partial charge in [-0.25, -0.2) is 4.79 Å². The van der Waals surface area contributed by atoms with E-state index in [0.717, 1.165) is 17.9 Å². The van der Waals surface area contributed by atoms with Crippen LogP contribution in [0.15, 0.2) is 28.7 Å². The van der Waals surface area contributed by atoms with E-state index in [9.17, 15) is 9.59 Å². The smallest absolute Gasteiger partial charge is 0.374 e. The maximum absolute atomic E-state index is 11.9. The van der Waals surface area contributed by atoms with Crippen LogP contribution in [0.2, 0.25) is 0 Å². The van der Waals surface area contributed by atoms with Crippen molar-refractivity contribution in [3.8, 4) is 0 Å². The molecular weight excluding hydrogens is 448 g/mol. The van der Waals surface area contributed by atoms with E-state index in [2.05, 4.69) is 17.6 Å². The molecule has 8 heteroatoms. The largest absolute Gasteiger partial charge is 0.460 e. The lowest BCUT2D eigenvalue weighted by Crippen LogP contribution is -2.29. The number of furan rings is 1. The summed E-state index contributed by atoms with van der Waals surface area (Å²) in [5, 5.41) is 6.82. The second-order valence-electron chi connectivity index (χ2n) is 9.31. The molecule has 194 valence electrons. The van der Waals surface area contributed by atoms with Crippen LogP contribution >= 0.6 is 0 Å². The molecule has 0 spiro atoms. The van der Waals surface area contributed by atoms with E-state index in [0.29, 0.717) is 49.3 Å². The van der Waals surface area contributed by atoms with Crippen LogP contribution in [0.5, 0.6) is 0 Å². The third-order valence-corrected chi connectivity index (χ3v) is 6.88. The zero-order valence-corrected chi connectivity index (χ0v) is 21.1. The SMILES string of the molecule is CC1NCCC1C1CCCCC1.COCCOCCCOC(=O)c1cc2cc(NC=O)ccc2o1. The normalized spacial score (nSPS) is 20.3. The Bertz CT molecular complexity index is 908. The topological polar surface area (TPSA) is 99.0 Å². The minimum atomic E-state index is -0.525. The molecule has 2 unspecified atom stereocenters. The first kappa shape index (κ1) is 27.2. The van der Waals surface area contributed by atoms with Crippen molar-refractivity contribution < 1.29 is 28.2 Å². The van der Waals surface area contributed by atoms with Gasteiger partial charge in [-0.15, -0.1) is 0 Å². The fraction of sp³-hybridized carbons (Fsp3) is 0.630. The van der Waals surface area contributed by atoms with Gasteiger partial charge in [0.15, 0.2) is 0 Å². The van der Waals surface area contributed by atoms with Crippen molar-refractivity contribution in [2.24, 2.45) is 11.8 Å². The lowest BCUT2D eigenvalue weighted by molar-refractivity contribution is -0.105. The molecule has 2 atom stereocenters. The monoisotopic (exact) mass is 488 g/mol. The molecule has 1 aromatic carbocycles. The number of amides is 1. The molecule has 2 N–H and O–H groups in total. The number of hydrogen-bond donors (Lipinski definition) is 2. The summed E-state index contributed by atoms with van der Waals surface area (Å²) in [7, 11) is 1.61. The highest BCUT2D eigenvalue weighted by molar-refractivity contribution is 5.94. The van der Waals surface area contributed by atoms with Gasteiger partial charge in [0.1, 0.15) is 5.58 Å². The first-order valence-corrected chi connectivity index (χ1v) is 12.8. The van der Waals surface area contributed by atoms with Gasteiger partial charge < -0.3 is 29.3 Å². The van der Waals surface area contributed by atoms with Crippen molar-refractivity contribution in [2.45, 2.75) is 57.9 Å². The van der Waals surface area contributed by atoms with Crippen LogP contribution in [0.4, 0.5) is 5.69 Å². The minimum Gasteiger partial charge on any atom is -0.460 e. The molecule has 1 aromatic heterocycles. The van der Waals surface area contributed by atoms with Crippen LogP contribution in [0.25, 0.3) is 11.0 Å². The summed E-state index contributed by atoms with van der Waals surface area (Å²) < 4.78 is 20.7. The minimum absolute atomic E-state index is 0.128. The summed E-state index contributed by atoms with van der Waals surface area (Å²) in [4.78, 5) is 22.3. The zero-order valence-electron chi connectivity index (χ0n) is 21.1. The Hall–Kier alpha value is -2.42. The van der Waals surface area contributed by atoms with Crippen LogP contribution in [0.3, 0.4) is 0 Å². The molecule has 1 amide bonds. The number of nitrogens with one attached hydrogen (secondary N) is 2. The number of hydrogen-bond acceptors (Lipinski definition) is 7. The fourth-order valence-electron chi connectivity index (χ4n) is 5.03. The second kappa shape index (κ2) is 14.9. The molecule has 0 bridgehead atoms. The number of esters is 1. The summed E-state index contributed by atoms with van der Waals surface area (Å²) in [6.45, 7) is 5.44. The number of carbonyl (C=O) groups is 2. The predicted octanol–water partition coefficient (Wildman–Crippen LogP) is 4.78. The third-order valence-electron chi connectivity index (χ3n) is 6.88. The molecule has 1 saturated heterocycles. The van der Waals surface area contributed by atoms with E-state index < -0.39 is 5.97 Å². The summed E-state index contributed by atoms with van der Waals surface area (Å²) >= 11 is 0. The number of methoxy groups -OCH3 is 1. The molecule has 35 heavy (non-hydrogen) atoms. The predicted molar refractivity (Wildman–Crippen MR) is 136 cm³/mol. The van der Waals surface area contributed by atoms with Crippen LogP contribution in [-0.4, -0.2) is 58.5 Å². The van der Waals surface area contributed by atoms with Gasteiger partial charge in [-0.05, 0) is 56.0 Å². The third kappa shape index (κ3) is 8.63. The van der Waals surface area contributed by atoms with Gasteiger partial charge in [0.2, 0.25) is 12.2 Å². The Balaban J connectivity index is 0.000000237. The first-order chi connectivity index (χ1) is 17.1. The lowest BCUT2D eigenvalue weighted by Gasteiger charge is -2.29. The summed E-state index contributed by atoms with van der Waals surface area (Å²) in [6.07, 6.45) is 10.1.